The van der Waals surface area contributed by atoms with Crippen molar-refractivity contribution < 1.29 is 9.53 Å². The minimum absolute atomic E-state index is 0.0160. The summed E-state index contributed by atoms with van der Waals surface area (Å²) in [6.45, 7) is 2.67. The Morgan fingerprint density at radius 1 is 1.64 bits per heavy atom. The summed E-state index contributed by atoms with van der Waals surface area (Å²) in [7, 11) is 0. The number of halogens is 1. The fraction of sp³-hybridized carbons (Fsp3) is 0.900. The molecule has 3 nitrogen and oxygen atoms in total. The number of carbonyl (C=O) groups excluding carboxylic acids is 1. The van der Waals surface area contributed by atoms with Gasteiger partial charge in [-0.25, -0.2) is 0 Å². The Balaban J connectivity index is 2.25. The van der Waals surface area contributed by atoms with Gasteiger partial charge in [0.05, 0.1) is 0 Å². The predicted octanol–water partition coefficient (Wildman–Crippen LogP) is 1.69. The van der Waals surface area contributed by atoms with E-state index in [1.165, 1.54) is 0 Å². The van der Waals surface area contributed by atoms with E-state index in [2.05, 4.69) is 5.32 Å². The van der Waals surface area contributed by atoms with Crippen LogP contribution in [0.3, 0.4) is 0 Å². The van der Waals surface area contributed by atoms with Crippen LogP contribution in [0.25, 0.3) is 0 Å². The Bertz CT molecular complexity index is 181. The molecular formula is C10H18ClNO2. The van der Waals surface area contributed by atoms with Crippen molar-refractivity contribution >= 4 is 17.5 Å². The number of ether oxygens (including phenoxy) is 1. The third-order valence-electron chi connectivity index (χ3n) is 2.40. The zero-order valence-corrected chi connectivity index (χ0v) is 9.35. The van der Waals surface area contributed by atoms with Crippen molar-refractivity contribution in [3.8, 4) is 0 Å². The molecule has 82 valence electrons. The molecule has 1 heterocycles. The van der Waals surface area contributed by atoms with Crippen LogP contribution in [-0.4, -0.2) is 30.5 Å². The predicted molar refractivity (Wildman–Crippen MR) is 56.5 cm³/mol. The Morgan fingerprint density at radius 2 is 2.43 bits per heavy atom. The molecule has 0 radical (unpaired) electrons. The SMILES string of the molecule is CC(CCCl)NC(=O)C1CCCCO1. The molecule has 1 N–H and O–H groups in total. The van der Waals surface area contributed by atoms with Crippen LogP contribution in [0, 0.1) is 0 Å². The summed E-state index contributed by atoms with van der Waals surface area (Å²) in [5.41, 5.74) is 0. The van der Waals surface area contributed by atoms with Crippen LogP contribution in [-0.2, 0) is 9.53 Å². The Hall–Kier alpha value is -0.280. The molecule has 2 atom stereocenters. The van der Waals surface area contributed by atoms with E-state index in [-0.39, 0.29) is 18.1 Å². The maximum absolute atomic E-state index is 11.6. The molecule has 4 heteroatoms. The molecule has 0 aromatic carbocycles. The molecule has 0 aliphatic carbocycles. The molecule has 14 heavy (non-hydrogen) atoms. The number of hydrogen-bond donors (Lipinski definition) is 1. The van der Waals surface area contributed by atoms with Crippen LogP contribution in [0.15, 0.2) is 0 Å². The van der Waals surface area contributed by atoms with Crippen LogP contribution in [0.5, 0.6) is 0 Å². The molecular weight excluding hydrogens is 202 g/mol. The monoisotopic (exact) mass is 219 g/mol. The van der Waals surface area contributed by atoms with E-state index in [1.807, 2.05) is 6.92 Å². The molecule has 1 aliphatic heterocycles. The third kappa shape index (κ3) is 3.84. The number of nitrogens with one attached hydrogen (secondary N) is 1. The minimum Gasteiger partial charge on any atom is -0.368 e. The Morgan fingerprint density at radius 3 is 3.00 bits per heavy atom. The van der Waals surface area contributed by atoms with E-state index in [0.29, 0.717) is 12.5 Å². The quantitative estimate of drug-likeness (QED) is 0.731. The summed E-state index contributed by atoms with van der Waals surface area (Å²) >= 11 is 5.58. The lowest BCUT2D eigenvalue weighted by Gasteiger charge is -2.23. The molecule has 1 amide bonds. The number of alkyl halides is 1. The van der Waals surface area contributed by atoms with Crippen molar-refractivity contribution in [3.05, 3.63) is 0 Å². The van der Waals surface area contributed by atoms with Crippen LogP contribution in [0.2, 0.25) is 0 Å². The Kier molecular flexibility index (Phi) is 5.26. The smallest absolute Gasteiger partial charge is 0.249 e. The first kappa shape index (κ1) is 11.8. The molecule has 0 spiro atoms. The highest BCUT2D eigenvalue weighted by Crippen LogP contribution is 2.12. The average Bonchev–Trinajstić information content (AvgIpc) is 2.19. The second-order valence-electron chi connectivity index (χ2n) is 3.74. The lowest BCUT2D eigenvalue weighted by atomic mass is 10.1. The van der Waals surface area contributed by atoms with Crippen LogP contribution in [0.1, 0.15) is 32.6 Å². The minimum atomic E-state index is -0.235. The van der Waals surface area contributed by atoms with Crippen LogP contribution >= 0.6 is 11.6 Å². The van der Waals surface area contributed by atoms with Gasteiger partial charge < -0.3 is 10.1 Å². The first-order valence-corrected chi connectivity index (χ1v) is 5.75. The first-order valence-electron chi connectivity index (χ1n) is 5.22. The van der Waals surface area contributed by atoms with Gasteiger partial charge in [-0.2, -0.15) is 0 Å². The molecule has 0 aromatic rings. The van der Waals surface area contributed by atoms with Gasteiger partial charge in [0.1, 0.15) is 6.10 Å². The average molecular weight is 220 g/mol. The lowest BCUT2D eigenvalue weighted by Crippen LogP contribution is -2.42. The second kappa shape index (κ2) is 6.25. The summed E-state index contributed by atoms with van der Waals surface area (Å²) in [6, 6.07) is 0.144. The highest BCUT2D eigenvalue weighted by molar-refractivity contribution is 6.17. The maximum atomic E-state index is 11.6. The molecule has 1 fully saturated rings. The van der Waals surface area contributed by atoms with Gasteiger partial charge in [0.15, 0.2) is 0 Å². The van der Waals surface area contributed by atoms with E-state index in [9.17, 15) is 4.79 Å². The van der Waals surface area contributed by atoms with E-state index in [1.54, 1.807) is 0 Å². The van der Waals surface area contributed by atoms with Crippen LogP contribution < -0.4 is 5.32 Å². The first-order chi connectivity index (χ1) is 6.74. The van der Waals surface area contributed by atoms with Gasteiger partial charge in [-0.15, -0.1) is 11.6 Å². The standard InChI is InChI=1S/C10H18ClNO2/c1-8(5-6-11)12-10(13)9-4-2-3-7-14-9/h8-9H,2-7H2,1H3,(H,12,13). The topological polar surface area (TPSA) is 38.3 Å². The second-order valence-corrected chi connectivity index (χ2v) is 4.12. The summed E-state index contributed by atoms with van der Waals surface area (Å²) < 4.78 is 5.37. The molecule has 0 bridgehead atoms. The zero-order valence-electron chi connectivity index (χ0n) is 8.59. The largest absolute Gasteiger partial charge is 0.368 e. The van der Waals surface area contributed by atoms with Crippen molar-refractivity contribution in [3.63, 3.8) is 0 Å². The molecule has 1 aliphatic rings. The number of carbonyl (C=O) groups is 1. The van der Waals surface area contributed by atoms with E-state index < -0.39 is 0 Å². The summed E-state index contributed by atoms with van der Waals surface area (Å²) in [5, 5.41) is 2.90. The van der Waals surface area contributed by atoms with Crippen molar-refractivity contribution in [1.29, 1.82) is 0 Å². The van der Waals surface area contributed by atoms with E-state index >= 15 is 0 Å². The van der Waals surface area contributed by atoms with Crippen molar-refractivity contribution in [2.75, 3.05) is 12.5 Å². The van der Waals surface area contributed by atoms with Crippen molar-refractivity contribution in [2.45, 2.75) is 44.8 Å². The molecule has 2 unspecified atom stereocenters. The Labute approximate surface area is 90.1 Å². The fourth-order valence-corrected chi connectivity index (χ4v) is 1.85. The van der Waals surface area contributed by atoms with Gasteiger partial charge in [0, 0.05) is 18.5 Å². The zero-order chi connectivity index (χ0) is 10.4. The van der Waals surface area contributed by atoms with Gasteiger partial charge in [0.2, 0.25) is 5.91 Å². The highest BCUT2D eigenvalue weighted by Gasteiger charge is 2.22. The molecule has 1 rings (SSSR count). The highest BCUT2D eigenvalue weighted by atomic mass is 35.5. The van der Waals surface area contributed by atoms with E-state index in [0.717, 1.165) is 25.7 Å². The van der Waals surface area contributed by atoms with Gasteiger partial charge in [0.25, 0.3) is 0 Å². The number of hydrogen-bond acceptors (Lipinski definition) is 2. The normalized spacial score (nSPS) is 24.3. The lowest BCUT2D eigenvalue weighted by molar-refractivity contribution is -0.136. The molecule has 0 aromatic heterocycles. The van der Waals surface area contributed by atoms with Crippen molar-refractivity contribution in [1.82, 2.24) is 5.32 Å². The summed E-state index contributed by atoms with van der Waals surface area (Å²) in [5.74, 6) is 0.592. The van der Waals surface area contributed by atoms with Gasteiger partial charge in [-0.05, 0) is 32.6 Å². The fourth-order valence-electron chi connectivity index (χ4n) is 1.52. The van der Waals surface area contributed by atoms with Gasteiger partial charge in [-0.1, -0.05) is 0 Å². The molecule has 1 saturated heterocycles. The number of amides is 1. The van der Waals surface area contributed by atoms with Crippen molar-refractivity contribution in [2.24, 2.45) is 0 Å². The van der Waals surface area contributed by atoms with Crippen LogP contribution in [0.4, 0.5) is 0 Å². The van der Waals surface area contributed by atoms with Gasteiger partial charge >= 0.3 is 0 Å². The summed E-state index contributed by atoms with van der Waals surface area (Å²) in [4.78, 5) is 11.6. The third-order valence-corrected chi connectivity index (χ3v) is 2.62. The molecule has 0 saturated carbocycles. The summed E-state index contributed by atoms with van der Waals surface area (Å²) in [6.07, 6.45) is 3.57. The number of rotatable bonds is 4. The maximum Gasteiger partial charge on any atom is 0.249 e. The van der Waals surface area contributed by atoms with Gasteiger partial charge in [-0.3, -0.25) is 4.79 Å². The van der Waals surface area contributed by atoms with E-state index in [4.69, 9.17) is 16.3 Å².